The van der Waals surface area contributed by atoms with Crippen molar-refractivity contribution in [1.29, 1.82) is 0 Å². The molecule has 0 bridgehead atoms. The molecule has 31 heavy (non-hydrogen) atoms. The van der Waals surface area contributed by atoms with Crippen molar-refractivity contribution < 1.29 is 44.2 Å². The highest BCUT2D eigenvalue weighted by Gasteiger charge is 2.39. The lowest BCUT2D eigenvalue weighted by molar-refractivity contribution is -0.242. The molecule has 1 saturated heterocycles. The average Bonchev–Trinajstić information content (AvgIpc) is 2.74. The summed E-state index contributed by atoms with van der Waals surface area (Å²) in [4.78, 5) is 12.6. The molecule has 1 aliphatic heterocycles. The summed E-state index contributed by atoms with van der Waals surface area (Å²) in [5.74, 6) is -0.159. The summed E-state index contributed by atoms with van der Waals surface area (Å²) in [6, 6.07) is 8.07. The SMILES string of the molecule is COc1cc(-c2cc(=O)c3c(O)cc(O[C@@H]4OC[C@@H](O)[C@H](O)[C@H]4O)cc3o2)ccc1O. The third kappa shape index (κ3) is 3.89. The highest BCUT2D eigenvalue weighted by Crippen LogP contribution is 2.35. The Balaban J connectivity index is 1.73. The minimum atomic E-state index is -1.54. The molecule has 1 fully saturated rings. The molecule has 0 aliphatic carbocycles. The van der Waals surface area contributed by atoms with Crippen LogP contribution in [-0.2, 0) is 4.74 Å². The second-order valence-electron chi connectivity index (χ2n) is 7.05. The van der Waals surface area contributed by atoms with Crippen LogP contribution in [0.5, 0.6) is 23.0 Å². The molecule has 1 aromatic heterocycles. The summed E-state index contributed by atoms with van der Waals surface area (Å²) in [5, 5.41) is 49.3. The Morgan fingerprint density at radius 3 is 2.52 bits per heavy atom. The topological polar surface area (TPSA) is 159 Å². The van der Waals surface area contributed by atoms with Gasteiger partial charge in [-0.15, -0.1) is 0 Å². The molecule has 1 aliphatic rings. The van der Waals surface area contributed by atoms with E-state index < -0.39 is 35.8 Å². The number of phenolic OH excluding ortho intramolecular Hbond substituents is 2. The average molecular weight is 432 g/mol. The van der Waals surface area contributed by atoms with Crippen molar-refractivity contribution in [3.05, 3.63) is 46.6 Å². The second-order valence-corrected chi connectivity index (χ2v) is 7.05. The first kappa shape index (κ1) is 20.9. The van der Waals surface area contributed by atoms with E-state index >= 15 is 0 Å². The smallest absolute Gasteiger partial charge is 0.228 e. The van der Waals surface area contributed by atoms with Crippen molar-refractivity contribution in [2.24, 2.45) is 0 Å². The number of benzene rings is 2. The number of fused-ring (bicyclic) bond motifs is 1. The zero-order valence-corrected chi connectivity index (χ0v) is 16.3. The summed E-state index contributed by atoms with van der Waals surface area (Å²) < 4.78 is 21.5. The van der Waals surface area contributed by atoms with E-state index in [0.29, 0.717) is 5.56 Å². The van der Waals surface area contributed by atoms with E-state index in [1.54, 1.807) is 0 Å². The van der Waals surface area contributed by atoms with Crippen LogP contribution in [0.15, 0.2) is 45.6 Å². The number of aromatic hydroxyl groups is 2. The summed E-state index contributed by atoms with van der Waals surface area (Å²) in [7, 11) is 1.38. The fourth-order valence-electron chi connectivity index (χ4n) is 3.30. The van der Waals surface area contributed by atoms with Gasteiger partial charge in [-0.2, -0.15) is 0 Å². The number of aliphatic hydroxyl groups excluding tert-OH is 3. The third-order valence-electron chi connectivity index (χ3n) is 4.95. The van der Waals surface area contributed by atoms with Gasteiger partial charge in [0.25, 0.3) is 0 Å². The summed E-state index contributed by atoms with van der Waals surface area (Å²) in [6.07, 6.45) is -5.58. The van der Waals surface area contributed by atoms with Gasteiger partial charge >= 0.3 is 0 Å². The Labute approximate surface area is 175 Å². The van der Waals surface area contributed by atoms with E-state index in [2.05, 4.69) is 0 Å². The lowest BCUT2D eigenvalue weighted by atomic mass is 10.1. The molecule has 0 radical (unpaired) electrons. The molecule has 0 saturated carbocycles. The number of hydrogen-bond donors (Lipinski definition) is 5. The van der Waals surface area contributed by atoms with Gasteiger partial charge in [0, 0.05) is 23.8 Å². The molecule has 4 atom stereocenters. The maximum atomic E-state index is 12.6. The van der Waals surface area contributed by atoms with Crippen LogP contribution in [0.4, 0.5) is 0 Å². The Morgan fingerprint density at radius 2 is 1.77 bits per heavy atom. The lowest BCUT2D eigenvalue weighted by Gasteiger charge is -2.34. The van der Waals surface area contributed by atoms with Crippen molar-refractivity contribution >= 4 is 11.0 Å². The van der Waals surface area contributed by atoms with Crippen LogP contribution < -0.4 is 14.9 Å². The molecular formula is C21H20O10. The molecule has 2 heterocycles. The van der Waals surface area contributed by atoms with Crippen molar-refractivity contribution in [2.75, 3.05) is 13.7 Å². The zero-order chi connectivity index (χ0) is 22.3. The first-order valence-corrected chi connectivity index (χ1v) is 9.29. The van der Waals surface area contributed by atoms with Crippen molar-refractivity contribution in [2.45, 2.75) is 24.6 Å². The first-order valence-electron chi connectivity index (χ1n) is 9.29. The van der Waals surface area contributed by atoms with Crippen molar-refractivity contribution in [1.82, 2.24) is 0 Å². The Hall–Kier alpha value is -3.31. The molecule has 10 heteroatoms. The molecule has 3 aromatic rings. The summed E-state index contributed by atoms with van der Waals surface area (Å²) >= 11 is 0. The Kier molecular flexibility index (Phi) is 5.46. The van der Waals surface area contributed by atoms with Crippen LogP contribution in [-0.4, -0.2) is 63.9 Å². The van der Waals surface area contributed by atoms with Gasteiger partial charge < -0.3 is 44.2 Å². The van der Waals surface area contributed by atoms with E-state index in [-0.39, 0.29) is 40.6 Å². The molecular weight excluding hydrogens is 412 g/mol. The number of hydrogen-bond acceptors (Lipinski definition) is 10. The van der Waals surface area contributed by atoms with Gasteiger partial charge in [0.2, 0.25) is 6.29 Å². The number of phenols is 2. The summed E-state index contributed by atoms with van der Waals surface area (Å²) in [5.41, 5.74) is -0.0714. The Morgan fingerprint density at radius 1 is 1.00 bits per heavy atom. The molecule has 0 spiro atoms. The van der Waals surface area contributed by atoms with Gasteiger partial charge in [-0.25, -0.2) is 0 Å². The number of aliphatic hydroxyl groups is 3. The van der Waals surface area contributed by atoms with E-state index in [1.807, 2.05) is 0 Å². The third-order valence-corrected chi connectivity index (χ3v) is 4.95. The van der Waals surface area contributed by atoms with Crippen LogP contribution in [0.3, 0.4) is 0 Å². The van der Waals surface area contributed by atoms with Gasteiger partial charge in [-0.05, 0) is 18.2 Å². The maximum Gasteiger partial charge on any atom is 0.228 e. The van der Waals surface area contributed by atoms with Crippen LogP contribution in [0.25, 0.3) is 22.3 Å². The second kappa shape index (κ2) is 8.08. The minimum Gasteiger partial charge on any atom is -0.507 e. The largest absolute Gasteiger partial charge is 0.507 e. The predicted molar refractivity (Wildman–Crippen MR) is 106 cm³/mol. The standard InChI is InChI=1S/C21H20O10/c1-28-16-4-9(2-3-11(16)22)15-7-13(24)18-12(23)5-10(6-17(18)31-15)30-21-20(27)19(26)14(25)8-29-21/h2-7,14,19-23,25-27H,8H2,1H3/t14-,19+,20-,21+/m1/s1. The summed E-state index contributed by atoms with van der Waals surface area (Å²) in [6.45, 7) is -0.260. The highest BCUT2D eigenvalue weighted by molar-refractivity contribution is 5.86. The normalized spacial score (nSPS) is 23.6. The van der Waals surface area contributed by atoms with Gasteiger partial charge in [0.05, 0.1) is 13.7 Å². The van der Waals surface area contributed by atoms with Gasteiger partial charge in [-0.3, -0.25) is 4.79 Å². The van der Waals surface area contributed by atoms with Gasteiger partial charge in [0.1, 0.15) is 46.5 Å². The number of ether oxygens (including phenoxy) is 3. The molecule has 2 aromatic carbocycles. The molecule has 10 nitrogen and oxygen atoms in total. The van der Waals surface area contributed by atoms with E-state index in [9.17, 15) is 30.3 Å². The first-order chi connectivity index (χ1) is 14.8. The number of methoxy groups -OCH3 is 1. The fourth-order valence-corrected chi connectivity index (χ4v) is 3.30. The van der Waals surface area contributed by atoms with E-state index in [4.69, 9.17) is 18.6 Å². The van der Waals surface area contributed by atoms with Gasteiger partial charge in [0.15, 0.2) is 16.9 Å². The molecule has 0 unspecified atom stereocenters. The fraction of sp³-hybridized carbons (Fsp3) is 0.286. The lowest BCUT2D eigenvalue weighted by Crippen LogP contribution is -2.54. The number of rotatable bonds is 4. The Bertz CT molecular complexity index is 1170. The highest BCUT2D eigenvalue weighted by atomic mass is 16.7. The van der Waals surface area contributed by atoms with E-state index in [1.165, 1.54) is 37.4 Å². The van der Waals surface area contributed by atoms with Crippen LogP contribution >= 0.6 is 0 Å². The quantitative estimate of drug-likeness (QED) is 0.397. The minimum absolute atomic E-state index is 0.00114. The molecule has 5 N–H and O–H groups in total. The monoisotopic (exact) mass is 432 g/mol. The molecule has 0 amide bonds. The van der Waals surface area contributed by atoms with Crippen molar-refractivity contribution in [3.63, 3.8) is 0 Å². The van der Waals surface area contributed by atoms with E-state index in [0.717, 1.165) is 6.07 Å². The molecule has 4 rings (SSSR count). The van der Waals surface area contributed by atoms with Crippen LogP contribution in [0.1, 0.15) is 0 Å². The van der Waals surface area contributed by atoms with Gasteiger partial charge in [-0.1, -0.05) is 0 Å². The van der Waals surface area contributed by atoms with Crippen molar-refractivity contribution in [3.8, 4) is 34.3 Å². The van der Waals surface area contributed by atoms with Crippen LogP contribution in [0, 0.1) is 0 Å². The zero-order valence-electron chi connectivity index (χ0n) is 16.3. The maximum absolute atomic E-state index is 12.6. The predicted octanol–water partition coefficient (Wildman–Crippen LogP) is 0.698. The molecule has 164 valence electrons. The van der Waals surface area contributed by atoms with Crippen LogP contribution in [0.2, 0.25) is 0 Å².